The minimum Gasteiger partial charge on any atom is -0.380 e. The molecule has 0 spiro atoms. The Morgan fingerprint density at radius 1 is 1.25 bits per heavy atom. The Morgan fingerprint density at radius 2 is 1.95 bits per heavy atom. The van der Waals surface area contributed by atoms with Gasteiger partial charge in [-0.2, -0.15) is 0 Å². The average molecular weight is 266 g/mol. The predicted molar refractivity (Wildman–Crippen MR) is 84.9 cm³/mol. The standard InChI is InChI=1S/C19H22O/c1-4-16-19(2,3)18(20)15-11-6-5-8-12-17-13-9-7-10-14-17/h4,7,9-10,13-14,18,20H,1,8,12,16H2,2-3H3/t18-/m0/s1. The fourth-order valence-corrected chi connectivity index (χ4v) is 1.74. The van der Waals surface area contributed by atoms with Crippen LogP contribution in [0, 0.1) is 29.1 Å². The number of hydrogen-bond acceptors (Lipinski definition) is 1. The van der Waals surface area contributed by atoms with Crippen LogP contribution in [-0.4, -0.2) is 11.2 Å². The Bertz CT molecular complexity index is 532. The van der Waals surface area contributed by atoms with Crippen molar-refractivity contribution in [1.82, 2.24) is 0 Å². The molecule has 1 aromatic carbocycles. The van der Waals surface area contributed by atoms with Crippen molar-refractivity contribution in [3.05, 3.63) is 48.6 Å². The van der Waals surface area contributed by atoms with Crippen molar-refractivity contribution in [2.75, 3.05) is 0 Å². The van der Waals surface area contributed by atoms with Crippen LogP contribution in [0.1, 0.15) is 32.3 Å². The smallest absolute Gasteiger partial charge is 0.121 e. The summed E-state index contributed by atoms with van der Waals surface area (Å²) in [4.78, 5) is 0. The first-order valence-electron chi connectivity index (χ1n) is 6.87. The summed E-state index contributed by atoms with van der Waals surface area (Å²) in [7, 11) is 0. The number of aliphatic hydroxyl groups is 1. The van der Waals surface area contributed by atoms with E-state index in [0.29, 0.717) is 0 Å². The molecule has 0 radical (unpaired) electrons. The molecule has 104 valence electrons. The molecule has 1 aromatic rings. The van der Waals surface area contributed by atoms with E-state index in [4.69, 9.17) is 0 Å². The molecular formula is C19H22O. The van der Waals surface area contributed by atoms with Crippen molar-refractivity contribution >= 4 is 0 Å². The van der Waals surface area contributed by atoms with E-state index in [2.05, 4.69) is 42.4 Å². The Hall–Kier alpha value is -1.96. The molecule has 0 amide bonds. The molecule has 0 heterocycles. The molecule has 0 saturated heterocycles. The first kappa shape index (κ1) is 16.1. The predicted octanol–water partition coefficient (Wildman–Crippen LogP) is 3.59. The van der Waals surface area contributed by atoms with Gasteiger partial charge in [-0.25, -0.2) is 0 Å². The third kappa shape index (κ3) is 5.79. The molecule has 0 saturated carbocycles. The van der Waals surface area contributed by atoms with Crippen LogP contribution >= 0.6 is 0 Å². The van der Waals surface area contributed by atoms with Crippen LogP contribution in [0.2, 0.25) is 0 Å². The van der Waals surface area contributed by atoms with Gasteiger partial charge in [0.05, 0.1) is 0 Å². The SMILES string of the molecule is C=CCC(C)(C)[C@@H](O)C#CC#CCCc1ccccc1. The quantitative estimate of drug-likeness (QED) is 0.638. The molecule has 0 aliphatic heterocycles. The lowest BCUT2D eigenvalue weighted by atomic mass is 9.83. The van der Waals surface area contributed by atoms with Crippen molar-refractivity contribution in [2.24, 2.45) is 5.41 Å². The fourth-order valence-electron chi connectivity index (χ4n) is 1.74. The molecule has 0 aliphatic rings. The number of allylic oxidation sites excluding steroid dienone is 1. The average Bonchev–Trinajstić information content (AvgIpc) is 2.43. The molecule has 1 atom stereocenters. The van der Waals surface area contributed by atoms with Gasteiger partial charge in [-0.05, 0) is 30.2 Å². The highest BCUT2D eigenvalue weighted by Crippen LogP contribution is 2.24. The first-order valence-corrected chi connectivity index (χ1v) is 6.87. The highest BCUT2D eigenvalue weighted by molar-refractivity contribution is 5.28. The third-order valence-corrected chi connectivity index (χ3v) is 3.15. The van der Waals surface area contributed by atoms with Gasteiger partial charge in [-0.3, -0.25) is 0 Å². The van der Waals surface area contributed by atoms with E-state index in [9.17, 15) is 5.11 Å². The number of benzene rings is 1. The topological polar surface area (TPSA) is 20.2 Å². The van der Waals surface area contributed by atoms with E-state index in [1.165, 1.54) is 5.56 Å². The van der Waals surface area contributed by atoms with Gasteiger partial charge < -0.3 is 5.11 Å². The zero-order valence-corrected chi connectivity index (χ0v) is 12.3. The summed E-state index contributed by atoms with van der Waals surface area (Å²) >= 11 is 0. The lowest BCUT2D eigenvalue weighted by molar-refractivity contribution is 0.101. The van der Waals surface area contributed by atoms with Crippen LogP contribution in [0.15, 0.2) is 43.0 Å². The largest absolute Gasteiger partial charge is 0.380 e. The van der Waals surface area contributed by atoms with Gasteiger partial charge >= 0.3 is 0 Å². The summed E-state index contributed by atoms with van der Waals surface area (Å²) in [5.41, 5.74) is 1.00. The Kier molecular flexibility index (Phi) is 6.65. The van der Waals surface area contributed by atoms with Crippen LogP contribution in [0.4, 0.5) is 0 Å². The van der Waals surface area contributed by atoms with Crippen LogP contribution in [0.3, 0.4) is 0 Å². The molecule has 1 heteroatoms. The number of hydrogen-bond donors (Lipinski definition) is 1. The van der Waals surface area contributed by atoms with Gasteiger partial charge in [0, 0.05) is 11.8 Å². The second-order valence-corrected chi connectivity index (χ2v) is 5.44. The Morgan fingerprint density at radius 3 is 2.60 bits per heavy atom. The highest BCUT2D eigenvalue weighted by Gasteiger charge is 2.24. The van der Waals surface area contributed by atoms with E-state index in [1.807, 2.05) is 32.0 Å². The van der Waals surface area contributed by atoms with E-state index in [1.54, 1.807) is 6.08 Å². The van der Waals surface area contributed by atoms with E-state index in [-0.39, 0.29) is 5.41 Å². The molecule has 0 fully saturated rings. The van der Waals surface area contributed by atoms with Gasteiger partial charge in [0.1, 0.15) is 6.10 Å². The maximum absolute atomic E-state index is 9.95. The second kappa shape index (κ2) is 8.26. The van der Waals surface area contributed by atoms with Crippen LogP contribution < -0.4 is 0 Å². The monoisotopic (exact) mass is 266 g/mol. The van der Waals surface area contributed by atoms with Crippen molar-refractivity contribution in [1.29, 1.82) is 0 Å². The summed E-state index contributed by atoms with van der Waals surface area (Å²) in [6.07, 6.45) is 3.56. The van der Waals surface area contributed by atoms with Gasteiger partial charge in [0.2, 0.25) is 0 Å². The van der Waals surface area contributed by atoms with E-state index >= 15 is 0 Å². The zero-order valence-electron chi connectivity index (χ0n) is 12.3. The van der Waals surface area contributed by atoms with Gasteiger partial charge in [0.25, 0.3) is 0 Å². The molecular weight excluding hydrogens is 244 g/mol. The molecule has 1 nitrogen and oxygen atoms in total. The normalized spacial score (nSPS) is 11.6. The van der Waals surface area contributed by atoms with E-state index in [0.717, 1.165) is 19.3 Å². The fraction of sp³-hybridized carbons (Fsp3) is 0.368. The van der Waals surface area contributed by atoms with Gasteiger partial charge in [-0.1, -0.05) is 62.1 Å². The first-order chi connectivity index (χ1) is 9.56. The van der Waals surface area contributed by atoms with Gasteiger partial charge in [0.15, 0.2) is 0 Å². The number of rotatable bonds is 5. The molecule has 0 unspecified atom stereocenters. The van der Waals surface area contributed by atoms with Crippen LogP contribution in [0.25, 0.3) is 0 Å². The number of aryl methyl sites for hydroxylation is 1. The maximum Gasteiger partial charge on any atom is 0.121 e. The highest BCUT2D eigenvalue weighted by atomic mass is 16.3. The van der Waals surface area contributed by atoms with Crippen LogP contribution in [-0.2, 0) is 6.42 Å². The van der Waals surface area contributed by atoms with Crippen molar-refractivity contribution in [2.45, 2.75) is 39.2 Å². The zero-order chi connectivity index (χ0) is 14.8. The summed E-state index contributed by atoms with van der Waals surface area (Å²) in [5, 5.41) is 9.95. The summed E-state index contributed by atoms with van der Waals surface area (Å²) in [5.74, 6) is 11.4. The molecule has 1 rings (SSSR count). The van der Waals surface area contributed by atoms with E-state index < -0.39 is 6.10 Å². The van der Waals surface area contributed by atoms with Gasteiger partial charge in [-0.15, -0.1) is 6.58 Å². The summed E-state index contributed by atoms with van der Waals surface area (Å²) < 4.78 is 0. The molecule has 20 heavy (non-hydrogen) atoms. The second-order valence-electron chi connectivity index (χ2n) is 5.44. The van der Waals surface area contributed by atoms with Crippen molar-refractivity contribution in [3.63, 3.8) is 0 Å². The van der Waals surface area contributed by atoms with Crippen LogP contribution in [0.5, 0.6) is 0 Å². The Balaban J connectivity index is 2.43. The minimum absolute atomic E-state index is 0.277. The molecule has 0 bridgehead atoms. The molecule has 0 aromatic heterocycles. The maximum atomic E-state index is 9.95. The lowest BCUT2D eigenvalue weighted by Crippen LogP contribution is -2.27. The van der Waals surface area contributed by atoms with Crippen molar-refractivity contribution < 1.29 is 5.11 Å². The summed E-state index contributed by atoms with van der Waals surface area (Å²) in [6, 6.07) is 10.2. The number of aliphatic hydroxyl groups excluding tert-OH is 1. The lowest BCUT2D eigenvalue weighted by Gasteiger charge is -2.25. The third-order valence-electron chi connectivity index (χ3n) is 3.15. The summed E-state index contributed by atoms with van der Waals surface area (Å²) in [6.45, 7) is 7.63. The van der Waals surface area contributed by atoms with Crippen molar-refractivity contribution in [3.8, 4) is 23.7 Å². The minimum atomic E-state index is -0.677. The molecule has 0 aliphatic carbocycles. The molecule has 1 N–H and O–H groups in total. The Labute approximate surface area is 122 Å².